The van der Waals surface area contributed by atoms with E-state index >= 15 is 0 Å². The van der Waals surface area contributed by atoms with Crippen LogP contribution in [0.1, 0.15) is 23.7 Å². The molecule has 0 saturated heterocycles. The number of aromatic nitrogens is 1. The molecule has 0 spiro atoms. The number of carbonyl (C=O) groups excluding carboxylic acids is 1. The van der Waals surface area contributed by atoms with Crippen LogP contribution >= 0.6 is 22.9 Å². The summed E-state index contributed by atoms with van der Waals surface area (Å²) in [5.74, 6) is 0.480. The van der Waals surface area contributed by atoms with Crippen LogP contribution in [0.5, 0.6) is 5.75 Å². The molecule has 0 aliphatic carbocycles. The Morgan fingerprint density at radius 1 is 1.21 bits per heavy atom. The third-order valence-electron chi connectivity index (χ3n) is 4.34. The van der Waals surface area contributed by atoms with E-state index < -0.39 is 6.10 Å². The zero-order valence-electron chi connectivity index (χ0n) is 16.2. The van der Waals surface area contributed by atoms with Crippen molar-refractivity contribution in [1.29, 1.82) is 0 Å². The second kappa shape index (κ2) is 9.22. The SMILES string of the molecule is Cc1ccc(-c2nc(CCNC(=O)[C@@H](C)Oc3ccc(Cl)c(C)c3)cs2)cc1. The molecule has 28 heavy (non-hydrogen) atoms. The molecule has 0 bridgehead atoms. The number of aryl methyl sites for hydroxylation is 2. The third kappa shape index (κ3) is 5.33. The molecule has 1 amide bonds. The minimum absolute atomic E-state index is 0.151. The first-order valence-electron chi connectivity index (χ1n) is 9.14. The van der Waals surface area contributed by atoms with E-state index in [0.29, 0.717) is 23.7 Å². The fourth-order valence-electron chi connectivity index (χ4n) is 2.66. The predicted octanol–water partition coefficient (Wildman–Crippen LogP) is 5.21. The van der Waals surface area contributed by atoms with Crippen molar-refractivity contribution >= 4 is 28.8 Å². The molecule has 6 heteroatoms. The molecule has 3 aromatic rings. The Labute approximate surface area is 174 Å². The molecule has 1 heterocycles. The van der Waals surface area contributed by atoms with Gasteiger partial charge in [-0.2, -0.15) is 0 Å². The van der Waals surface area contributed by atoms with Gasteiger partial charge in [0.15, 0.2) is 6.10 Å². The van der Waals surface area contributed by atoms with Crippen LogP contribution in [0.25, 0.3) is 10.6 Å². The molecule has 0 aliphatic heterocycles. The van der Waals surface area contributed by atoms with E-state index in [1.165, 1.54) is 5.56 Å². The van der Waals surface area contributed by atoms with Gasteiger partial charge in [-0.1, -0.05) is 41.4 Å². The van der Waals surface area contributed by atoms with E-state index in [1.54, 1.807) is 30.4 Å². The molecule has 1 N–H and O–H groups in total. The monoisotopic (exact) mass is 414 g/mol. The molecule has 3 rings (SSSR count). The summed E-state index contributed by atoms with van der Waals surface area (Å²) in [6, 6.07) is 13.7. The first-order valence-corrected chi connectivity index (χ1v) is 10.4. The van der Waals surface area contributed by atoms with Crippen LogP contribution in [0.2, 0.25) is 5.02 Å². The molecule has 0 aliphatic rings. The molecule has 0 unspecified atom stereocenters. The number of halogens is 1. The highest BCUT2D eigenvalue weighted by atomic mass is 35.5. The molecule has 0 fully saturated rings. The molecule has 0 radical (unpaired) electrons. The molecule has 2 aromatic carbocycles. The zero-order chi connectivity index (χ0) is 20.1. The second-order valence-electron chi connectivity index (χ2n) is 6.72. The Balaban J connectivity index is 1.48. The first-order chi connectivity index (χ1) is 13.4. The summed E-state index contributed by atoms with van der Waals surface area (Å²) >= 11 is 7.63. The molecule has 4 nitrogen and oxygen atoms in total. The number of hydrogen-bond donors (Lipinski definition) is 1. The van der Waals surface area contributed by atoms with Crippen molar-refractivity contribution in [3.63, 3.8) is 0 Å². The Bertz CT molecular complexity index is 953. The summed E-state index contributed by atoms with van der Waals surface area (Å²) in [5.41, 5.74) is 4.24. The highest BCUT2D eigenvalue weighted by molar-refractivity contribution is 7.13. The van der Waals surface area contributed by atoms with Crippen molar-refractivity contribution in [1.82, 2.24) is 10.3 Å². The van der Waals surface area contributed by atoms with E-state index in [2.05, 4.69) is 41.5 Å². The molecule has 1 aromatic heterocycles. The van der Waals surface area contributed by atoms with Gasteiger partial charge in [-0.05, 0) is 44.5 Å². The number of nitrogens with zero attached hydrogens (tertiary/aromatic N) is 1. The van der Waals surface area contributed by atoms with Crippen molar-refractivity contribution in [2.45, 2.75) is 33.3 Å². The maximum Gasteiger partial charge on any atom is 0.260 e. The van der Waals surface area contributed by atoms with Gasteiger partial charge in [0, 0.05) is 28.9 Å². The van der Waals surface area contributed by atoms with Gasteiger partial charge in [0.1, 0.15) is 10.8 Å². The highest BCUT2D eigenvalue weighted by Crippen LogP contribution is 2.24. The Morgan fingerprint density at radius 3 is 2.68 bits per heavy atom. The standard InChI is InChI=1S/C22H23ClN2O2S/c1-14-4-6-17(7-5-14)22-25-18(13-28-22)10-11-24-21(26)16(3)27-19-8-9-20(23)15(2)12-19/h4-9,12-13,16H,10-11H2,1-3H3,(H,24,26)/t16-/m1/s1. The molecule has 1 atom stereocenters. The van der Waals surface area contributed by atoms with Gasteiger partial charge >= 0.3 is 0 Å². The maximum atomic E-state index is 12.3. The lowest BCUT2D eigenvalue weighted by Gasteiger charge is -2.15. The first kappa shape index (κ1) is 20.4. The predicted molar refractivity (Wildman–Crippen MR) is 115 cm³/mol. The summed E-state index contributed by atoms with van der Waals surface area (Å²) in [4.78, 5) is 16.9. The van der Waals surface area contributed by atoms with Gasteiger partial charge in [-0.3, -0.25) is 4.79 Å². The van der Waals surface area contributed by atoms with Gasteiger partial charge < -0.3 is 10.1 Å². The van der Waals surface area contributed by atoms with Crippen LogP contribution in [-0.4, -0.2) is 23.5 Å². The number of rotatable bonds is 7. The molecule has 146 valence electrons. The summed E-state index contributed by atoms with van der Waals surface area (Å²) in [5, 5.41) is 6.62. The quantitative estimate of drug-likeness (QED) is 0.577. The number of carbonyl (C=O) groups is 1. The number of hydrogen-bond acceptors (Lipinski definition) is 4. The minimum Gasteiger partial charge on any atom is -0.481 e. The van der Waals surface area contributed by atoms with Gasteiger partial charge in [-0.15, -0.1) is 11.3 Å². The largest absolute Gasteiger partial charge is 0.481 e. The lowest BCUT2D eigenvalue weighted by Crippen LogP contribution is -2.37. The number of nitrogens with one attached hydrogen (secondary N) is 1. The van der Waals surface area contributed by atoms with Crippen molar-refractivity contribution in [3.8, 4) is 16.3 Å². The van der Waals surface area contributed by atoms with Crippen molar-refractivity contribution in [2.24, 2.45) is 0 Å². The zero-order valence-corrected chi connectivity index (χ0v) is 17.7. The van der Waals surface area contributed by atoms with Crippen LogP contribution in [0.15, 0.2) is 47.8 Å². The molecular weight excluding hydrogens is 392 g/mol. The third-order valence-corrected chi connectivity index (χ3v) is 5.71. The van der Waals surface area contributed by atoms with Gasteiger partial charge in [0.25, 0.3) is 5.91 Å². The van der Waals surface area contributed by atoms with Gasteiger partial charge in [0.2, 0.25) is 0 Å². The van der Waals surface area contributed by atoms with Crippen LogP contribution in [-0.2, 0) is 11.2 Å². The highest BCUT2D eigenvalue weighted by Gasteiger charge is 2.15. The number of amides is 1. The van der Waals surface area contributed by atoms with Crippen molar-refractivity contribution < 1.29 is 9.53 Å². The summed E-state index contributed by atoms with van der Waals surface area (Å²) in [6.45, 7) is 6.22. The van der Waals surface area contributed by atoms with Crippen LogP contribution in [0.3, 0.4) is 0 Å². The lowest BCUT2D eigenvalue weighted by molar-refractivity contribution is -0.127. The van der Waals surface area contributed by atoms with Crippen molar-refractivity contribution in [3.05, 3.63) is 69.7 Å². The Hall–Kier alpha value is -2.37. The topological polar surface area (TPSA) is 51.2 Å². The smallest absolute Gasteiger partial charge is 0.260 e. The van der Waals surface area contributed by atoms with Crippen LogP contribution < -0.4 is 10.1 Å². The lowest BCUT2D eigenvalue weighted by atomic mass is 10.2. The fraction of sp³-hybridized carbons (Fsp3) is 0.273. The average Bonchev–Trinajstić information content (AvgIpc) is 3.14. The van der Waals surface area contributed by atoms with Crippen LogP contribution in [0.4, 0.5) is 0 Å². The number of ether oxygens (including phenoxy) is 1. The fourth-order valence-corrected chi connectivity index (χ4v) is 3.63. The minimum atomic E-state index is -0.584. The second-order valence-corrected chi connectivity index (χ2v) is 7.99. The average molecular weight is 415 g/mol. The van der Waals surface area contributed by atoms with E-state index in [9.17, 15) is 4.79 Å². The maximum absolute atomic E-state index is 12.3. The van der Waals surface area contributed by atoms with E-state index in [1.807, 2.05) is 18.4 Å². The van der Waals surface area contributed by atoms with Crippen molar-refractivity contribution in [2.75, 3.05) is 6.54 Å². The normalized spacial score (nSPS) is 11.9. The Kier molecular flexibility index (Phi) is 6.70. The Morgan fingerprint density at radius 2 is 1.96 bits per heavy atom. The number of benzene rings is 2. The molecular formula is C22H23ClN2O2S. The van der Waals surface area contributed by atoms with E-state index in [0.717, 1.165) is 21.8 Å². The van der Waals surface area contributed by atoms with Crippen LogP contribution in [0, 0.1) is 13.8 Å². The van der Waals surface area contributed by atoms with Gasteiger partial charge in [-0.25, -0.2) is 4.98 Å². The molecule has 0 saturated carbocycles. The number of thiazole rings is 1. The summed E-state index contributed by atoms with van der Waals surface area (Å²) in [7, 11) is 0. The van der Waals surface area contributed by atoms with Gasteiger partial charge in [0.05, 0.1) is 5.69 Å². The summed E-state index contributed by atoms with van der Waals surface area (Å²) in [6.07, 6.45) is 0.0973. The summed E-state index contributed by atoms with van der Waals surface area (Å²) < 4.78 is 5.70. The van der Waals surface area contributed by atoms with E-state index in [-0.39, 0.29) is 5.91 Å². The van der Waals surface area contributed by atoms with E-state index in [4.69, 9.17) is 16.3 Å².